The van der Waals surface area contributed by atoms with E-state index in [9.17, 15) is 19.2 Å². The topological polar surface area (TPSA) is 175 Å². The highest BCUT2D eigenvalue weighted by atomic mass is 16.5. The summed E-state index contributed by atoms with van der Waals surface area (Å²) in [5.74, 6) is 12.8. The largest absolute Gasteiger partial charge is 0.453 e. The third-order valence-corrected chi connectivity index (χ3v) is 9.67. The highest BCUT2D eigenvalue weighted by molar-refractivity contribution is 5.87. The Morgan fingerprint density at radius 3 is 1.85 bits per heavy atom. The molecule has 2 saturated heterocycles. The van der Waals surface area contributed by atoms with Crippen LogP contribution >= 0.6 is 0 Å². The molecule has 4 amide bonds. The second kappa shape index (κ2) is 17.2. The molecule has 5 rings (SSSR count). The first-order chi connectivity index (χ1) is 25.4. The molecule has 0 saturated carbocycles. The molecule has 2 fully saturated rings. The summed E-state index contributed by atoms with van der Waals surface area (Å²) in [7, 11) is 2.56. The zero-order chi connectivity index (χ0) is 38.2. The summed E-state index contributed by atoms with van der Waals surface area (Å²) >= 11 is 0. The molecule has 0 spiro atoms. The van der Waals surface area contributed by atoms with E-state index >= 15 is 0 Å². The van der Waals surface area contributed by atoms with Gasteiger partial charge in [-0.25, -0.2) is 19.6 Å². The van der Waals surface area contributed by atoms with Gasteiger partial charge in [-0.2, -0.15) is 0 Å². The second-order valence-corrected chi connectivity index (χ2v) is 14.0. The summed E-state index contributed by atoms with van der Waals surface area (Å²) in [4.78, 5) is 70.0. The van der Waals surface area contributed by atoms with Crippen LogP contribution in [0, 0.1) is 42.4 Å². The lowest BCUT2D eigenvalue weighted by Gasteiger charge is -2.30. The van der Waals surface area contributed by atoms with Crippen molar-refractivity contribution in [3.05, 3.63) is 59.1 Å². The fraction of sp³-hybridized carbons (Fsp3) is 0.487. The fourth-order valence-electron chi connectivity index (χ4n) is 6.78. The van der Waals surface area contributed by atoms with E-state index in [4.69, 9.17) is 9.47 Å². The molecule has 0 radical (unpaired) electrons. The van der Waals surface area contributed by atoms with Gasteiger partial charge in [0.15, 0.2) is 0 Å². The van der Waals surface area contributed by atoms with Gasteiger partial charge in [-0.3, -0.25) is 9.59 Å². The third kappa shape index (κ3) is 9.01. The first-order valence-electron chi connectivity index (χ1n) is 17.9. The van der Waals surface area contributed by atoms with Gasteiger partial charge in [0.05, 0.1) is 44.4 Å². The van der Waals surface area contributed by atoms with E-state index in [1.807, 2.05) is 52.8 Å². The molecule has 2 aliphatic heterocycles. The Balaban J connectivity index is 1.23. The third-order valence-electron chi connectivity index (χ3n) is 9.67. The fourth-order valence-corrected chi connectivity index (χ4v) is 6.78. The van der Waals surface area contributed by atoms with Gasteiger partial charge < -0.3 is 39.9 Å². The van der Waals surface area contributed by atoms with Gasteiger partial charge >= 0.3 is 12.2 Å². The van der Waals surface area contributed by atoms with Crippen LogP contribution in [0.5, 0.6) is 0 Å². The Hall–Kier alpha value is -5.76. The number of aryl methyl sites for hydroxylation is 1. The number of rotatable bonds is 9. The Kier molecular flexibility index (Phi) is 12.5. The van der Waals surface area contributed by atoms with Crippen molar-refractivity contribution in [3.63, 3.8) is 0 Å². The Morgan fingerprint density at radius 1 is 0.792 bits per heavy atom. The van der Waals surface area contributed by atoms with Crippen LogP contribution in [0.1, 0.15) is 93.9 Å². The number of methoxy groups -OCH3 is 2. The summed E-state index contributed by atoms with van der Waals surface area (Å²) in [6.45, 7) is 10.7. The summed E-state index contributed by atoms with van der Waals surface area (Å²) in [6.07, 6.45) is 5.31. The first kappa shape index (κ1) is 38.5. The van der Waals surface area contributed by atoms with Crippen LogP contribution in [0.25, 0.3) is 11.3 Å². The number of H-pyrrole nitrogens is 2. The summed E-state index contributed by atoms with van der Waals surface area (Å²) in [6, 6.07) is 4.07. The smallest absolute Gasteiger partial charge is 0.407 e. The number of carbonyl (C=O) groups excluding carboxylic acids is 4. The molecule has 280 valence electrons. The average molecular weight is 725 g/mol. The molecule has 4 atom stereocenters. The lowest BCUT2D eigenvalue weighted by atomic mass is 10.0. The first-order valence-corrected chi connectivity index (χ1v) is 17.9. The lowest BCUT2D eigenvalue weighted by Crippen LogP contribution is -2.51. The number of likely N-dealkylation sites (tertiary alicyclic amines) is 2. The molecule has 1 aromatic carbocycles. The van der Waals surface area contributed by atoms with Crippen molar-refractivity contribution in [2.24, 2.45) is 11.8 Å². The number of nitrogens with zero attached hydrogens (tertiary/aromatic N) is 4. The number of amides is 4. The molecule has 14 heteroatoms. The Bertz CT molecular complexity index is 1940. The number of aromatic amines is 2. The van der Waals surface area contributed by atoms with Gasteiger partial charge in [0.1, 0.15) is 29.4 Å². The van der Waals surface area contributed by atoms with Gasteiger partial charge in [0.2, 0.25) is 11.8 Å². The van der Waals surface area contributed by atoms with Crippen LogP contribution in [0.2, 0.25) is 0 Å². The molecule has 4 N–H and O–H groups in total. The van der Waals surface area contributed by atoms with Gasteiger partial charge in [-0.15, -0.1) is 0 Å². The maximum absolute atomic E-state index is 13.5. The quantitative estimate of drug-likeness (QED) is 0.232. The van der Waals surface area contributed by atoms with Crippen molar-refractivity contribution < 1.29 is 28.7 Å². The minimum absolute atomic E-state index is 0.113. The highest BCUT2D eigenvalue weighted by Gasteiger charge is 2.39. The zero-order valence-electron chi connectivity index (χ0n) is 31.3. The predicted molar refractivity (Wildman–Crippen MR) is 197 cm³/mol. The molecule has 53 heavy (non-hydrogen) atoms. The number of ether oxygens (including phenoxy) is 2. The number of hydrogen-bond acceptors (Lipinski definition) is 8. The SMILES string of the molecule is COC(=O)N[C@H](C(=O)N1CCC[C@H]1c1ncc(C#CC#Cc2ccc(-c3cnc([C@@H]4CCCN4C(=O)[C@@H](NC(=O)OC)C(C)C)[nH]3)cc2C)[nH]1)C(C)C. The van der Waals surface area contributed by atoms with Gasteiger partial charge in [-0.1, -0.05) is 39.7 Å². The molecule has 2 aliphatic rings. The molecule has 0 unspecified atom stereocenters. The maximum Gasteiger partial charge on any atom is 0.407 e. The zero-order valence-corrected chi connectivity index (χ0v) is 31.3. The van der Waals surface area contributed by atoms with Crippen molar-refractivity contribution in [1.82, 2.24) is 40.4 Å². The summed E-state index contributed by atoms with van der Waals surface area (Å²) in [5, 5.41) is 5.34. The van der Waals surface area contributed by atoms with Gasteiger partial charge in [-0.05, 0) is 85.5 Å². The number of hydrogen-bond donors (Lipinski definition) is 4. The van der Waals surface area contributed by atoms with E-state index in [2.05, 4.69) is 54.3 Å². The van der Waals surface area contributed by atoms with E-state index in [-0.39, 0.29) is 35.7 Å². The van der Waals surface area contributed by atoms with Crippen molar-refractivity contribution >= 4 is 24.0 Å². The summed E-state index contributed by atoms with van der Waals surface area (Å²) < 4.78 is 9.46. The molecular weight excluding hydrogens is 676 g/mol. The number of imidazole rings is 2. The Labute approximate surface area is 310 Å². The van der Waals surface area contributed by atoms with Crippen LogP contribution in [-0.4, -0.2) is 93.1 Å². The van der Waals surface area contributed by atoms with E-state index in [1.165, 1.54) is 14.2 Å². The minimum atomic E-state index is -0.705. The number of nitrogens with one attached hydrogen (secondary N) is 4. The average Bonchev–Trinajstić information content (AvgIpc) is 3.97. The van der Waals surface area contributed by atoms with Crippen LogP contribution in [0.3, 0.4) is 0 Å². The molecule has 0 bridgehead atoms. The van der Waals surface area contributed by atoms with E-state index < -0.39 is 24.3 Å². The van der Waals surface area contributed by atoms with Crippen molar-refractivity contribution in [2.75, 3.05) is 27.3 Å². The van der Waals surface area contributed by atoms with E-state index in [0.29, 0.717) is 30.4 Å². The van der Waals surface area contributed by atoms with Crippen molar-refractivity contribution in [3.8, 4) is 34.9 Å². The second-order valence-electron chi connectivity index (χ2n) is 14.0. The van der Waals surface area contributed by atoms with Crippen LogP contribution in [0.4, 0.5) is 9.59 Å². The van der Waals surface area contributed by atoms with E-state index in [0.717, 1.165) is 48.1 Å². The molecule has 14 nitrogen and oxygen atoms in total. The number of alkyl carbamates (subject to hydrolysis) is 2. The molecular formula is C39H48N8O6. The number of aromatic nitrogens is 4. The Morgan fingerprint density at radius 2 is 1.32 bits per heavy atom. The predicted octanol–water partition coefficient (Wildman–Crippen LogP) is 4.60. The summed E-state index contributed by atoms with van der Waals surface area (Å²) in [5.41, 5.74) is 4.15. The highest BCUT2D eigenvalue weighted by Crippen LogP contribution is 2.34. The van der Waals surface area contributed by atoms with Crippen molar-refractivity contribution in [1.29, 1.82) is 0 Å². The monoisotopic (exact) mass is 724 g/mol. The standard InChI is InChI=1S/C39H48N8O6/c1-23(2)32(44-38(50)52-6)36(48)46-18-10-14-30(46)34-40-21-28(42-34)13-9-8-12-26-16-17-27(20-25(26)5)29-22-41-35(43-29)31-15-11-19-47(31)37(49)33(24(3)4)45-39(51)53-7/h16-17,20-24,30-33H,10-11,14-15,18-19H2,1-7H3,(H,40,42)(H,41,43)(H,44,50)(H,45,51)/t30-,31-,32-,33-/m0/s1. The van der Waals surface area contributed by atoms with E-state index in [1.54, 1.807) is 22.2 Å². The molecule has 4 heterocycles. The lowest BCUT2D eigenvalue weighted by molar-refractivity contribution is -0.136. The van der Waals surface area contributed by atoms with Crippen LogP contribution < -0.4 is 10.6 Å². The number of carbonyl (C=O) groups is 4. The maximum atomic E-state index is 13.5. The molecule has 0 aliphatic carbocycles. The van der Waals surface area contributed by atoms with Crippen LogP contribution in [0.15, 0.2) is 30.6 Å². The normalized spacial score (nSPS) is 17.8. The van der Waals surface area contributed by atoms with Crippen molar-refractivity contribution in [2.45, 2.75) is 84.5 Å². The van der Waals surface area contributed by atoms with Gasteiger partial charge in [0, 0.05) is 18.7 Å². The molecule has 2 aromatic heterocycles. The molecule has 3 aromatic rings. The van der Waals surface area contributed by atoms with Gasteiger partial charge in [0.25, 0.3) is 0 Å². The van der Waals surface area contributed by atoms with Crippen LogP contribution in [-0.2, 0) is 19.1 Å². The minimum Gasteiger partial charge on any atom is -0.453 e. The number of benzene rings is 1.